The highest BCUT2D eigenvalue weighted by atomic mass is 35.5. The SMILES string of the molecule is CCn1cc(CN2CCCC2)c2ccc(NC(=O)[C@H](Cc3ccccc3)NC(=O)[C@@H](N)CCCNC(N)=NC)cc21.O=C(Cc1ccccc1)OCl. The fourth-order valence-corrected chi connectivity index (χ4v) is 6.18. The summed E-state index contributed by atoms with van der Waals surface area (Å²) >= 11 is 4.85. The third-order valence-corrected chi connectivity index (χ3v) is 9.11. The van der Waals surface area contributed by atoms with Gasteiger partial charge >= 0.3 is 5.97 Å². The number of nitrogens with one attached hydrogen (secondary N) is 3. The van der Waals surface area contributed by atoms with Gasteiger partial charge in [0.2, 0.25) is 11.8 Å². The predicted octanol–water partition coefficient (Wildman–Crippen LogP) is 4.49. The third-order valence-electron chi connectivity index (χ3n) is 8.93. The number of guanidine groups is 1. The van der Waals surface area contributed by atoms with Crippen LogP contribution in [0.3, 0.4) is 0 Å². The zero-order valence-corrected chi connectivity index (χ0v) is 30.8. The number of aryl methyl sites for hydroxylation is 1. The first-order valence-electron chi connectivity index (χ1n) is 17.8. The van der Waals surface area contributed by atoms with Gasteiger partial charge < -0.3 is 36.3 Å². The van der Waals surface area contributed by atoms with E-state index < -0.39 is 18.1 Å². The molecular formula is C39H51ClN8O4. The number of benzene rings is 3. The minimum absolute atomic E-state index is 0.227. The van der Waals surface area contributed by atoms with Gasteiger partial charge in [0, 0.05) is 50.4 Å². The molecule has 1 aliphatic heterocycles. The molecular weight excluding hydrogens is 680 g/mol. The number of carbonyl (C=O) groups is 3. The van der Waals surface area contributed by atoms with Gasteiger partial charge in [-0.15, -0.1) is 0 Å². The van der Waals surface area contributed by atoms with Crippen LogP contribution in [0.15, 0.2) is 90.1 Å². The van der Waals surface area contributed by atoms with E-state index in [-0.39, 0.29) is 18.2 Å². The van der Waals surface area contributed by atoms with Crippen LogP contribution in [0, 0.1) is 0 Å². The number of nitrogens with two attached hydrogens (primary N) is 2. The molecule has 12 nitrogen and oxygen atoms in total. The number of hydrogen-bond donors (Lipinski definition) is 5. The Kier molecular flexibility index (Phi) is 16.0. The first kappa shape index (κ1) is 39.9. The molecule has 278 valence electrons. The van der Waals surface area contributed by atoms with Crippen molar-refractivity contribution in [1.82, 2.24) is 20.1 Å². The van der Waals surface area contributed by atoms with Crippen molar-refractivity contribution < 1.29 is 18.7 Å². The van der Waals surface area contributed by atoms with Crippen LogP contribution >= 0.6 is 11.9 Å². The Morgan fingerprint density at radius 2 is 1.63 bits per heavy atom. The number of carbonyl (C=O) groups excluding carboxylic acids is 3. The molecule has 7 N–H and O–H groups in total. The Balaban J connectivity index is 0.000000470. The van der Waals surface area contributed by atoms with Crippen LogP contribution in [-0.4, -0.2) is 72.0 Å². The van der Waals surface area contributed by atoms with Gasteiger partial charge in [0.25, 0.3) is 0 Å². The Hall–Kier alpha value is -4.91. The normalized spacial score (nSPS) is 14.2. The quantitative estimate of drug-likeness (QED) is 0.0677. The number of hydrogen-bond acceptors (Lipinski definition) is 7. The van der Waals surface area contributed by atoms with Crippen LogP contribution in [0.4, 0.5) is 5.69 Å². The second-order valence-electron chi connectivity index (χ2n) is 12.8. The molecule has 0 bridgehead atoms. The molecule has 13 heteroatoms. The van der Waals surface area contributed by atoms with Gasteiger partial charge in [-0.2, -0.15) is 0 Å². The van der Waals surface area contributed by atoms with E-state index in [0.717, 1.165) is 42.8 Å². The number of aliphatic imine (C=N–C) groups is 1. The first-order chi connectivity index (χ1) is 25.2. The summed E-state index contributed by atoms with van der Waals surface area (Å²) in [6.07, 6.45) is 6.40. The highest BCUT2D eigenvalue weighted by molar-refractivity contribution is 6.13. The number of anilines is 1. The van der Waals surface area contributed by atoms with Crippen LogP contribution in [0.5, 0.6) is 0 Å². The Labute approximate surface area is 311 Å². The van der Waals surface area contributed by atoms with Gasteiger partial charge in [0.1, 0.15) is 17.9 Å². The predicted molar refractivity (Wildman–Crippen MR) is 208 cm³/mol. The van der Waals surface area contributed by atoms with E-state index in [1.807, 2.05) is 72.8 Å². The largest absolute Gasteiger partial charge is 0.370 e. The highest BCUT2D eigenvalue weighted by Gasteiger charge is 2.25. The van der Waals surface area contributed by atoms with Crippen molar-refractivity contribution in [2.75, 3.05) is 32.0 Å². The van der Waals surface area contributed by atoms with E-state index in [2.05, 4.69) is 53.9 Å². The molecule has 1 saturated heterocycles. The topological polar surface area (TPSA) is 169 Å². The lowest BCUT2D eigenvalue weighted by Crippen LogP contribution is -2.51. The Morgan fingerprint density at radius 3 is 2.27 bits per heavy atom. The standard InChI is InChI=1S/C31H44N8O2.C8H7ClO2/c1-3-39-21-23(20-38-16-7-8-17-38)25-14-13-24(19-28(25)39)36-30(41)27(18-22-10-5-4-6-11-22)37-29(40)26(32)12-9-15-35-31(33)34-2;9-11-8(10)6-7-4-2-1-3-5-7/h4-6,10-11,13-14,19,21,26-27H,3,7-9,12,15-18,20,32H2,1-2H3,(H,36,41)(H,37,40)(H3,33,34,35);1-5H,6H2/t26-,27-;/m0./s1. The van der Waals surface area contributed by atoms with E-state index >= 15 is 0 Å². The monoisotopic (exact) mass is 730 g/mol. The summed E-state index contributed by atoms with van der Waals surface area (Å²) in [5.41, 5.74) is 16.8. The minimum Gasteiger partial charge on any atom is -0.370 e. The molecule has 2 heterocycles. The second-order valence-corrected chi connectivity index (χ2v) is 12.9. The zero-order valence-electron chi connectivity index (χ0n) is 30.0. The van der Waals surface area contributed by atoms with Crippen LogP contribution in [0.25, 0.3) is 10.9 Å². The van der Waals surface area contributed by atoms with Gasteiger partial charge in [-0.05, 0) is 74.5 Å². The van der Waals surface area contributed by atoms with Gasteiger partial charge in [0.15, 0.2) is 5.96 Å². The maximum absolute atomic E-state index is 13.6. The molecule has 0 saturated carbocycles. The number of nitrogens with zero attached hydrogens (tertiary/aromatic N) is 3. The number of likely N-dealkylation sites (tertiary alicyclic amines) is 1. The maximum Gasteiger partial charge on any atom is 0.329 e. The van der Waals surface area contributed by atoms with E-state index in [1.165, 1.54) is 23.8 Å². The van der Waals surface area contributed by atoms with Crippen molar-refractivity contribution >= 4 is 52.2 Å². The van der Waals surface area contributed by atoms with Gasteiger partial charge in [-0.3, -0.25) is 24.3 Å². The smallest absolute Gasteiger partial charge is 0.329 e. The molecule has 0 aliphatic carbocycles. The Morgan fingerprint density at radius 1 is 0.962 bits per heavy atom. The van der Waals surface area contributed by atoms with Crippen molar-refractivity contribution in [1.29, 1.82) is 0 Å². The number of rotatable bonds is 15. The summed E-state index contributed by atoms with van der Waals surface area (Å²) in [4.78, 5) is 43.5. The molecule has 2 atom stereocenters. The van der Waals surface area contributed by atoms with Crippen molar-refractivity contribution in [2.45, 2.75) is 70.6 Å². The van der Waals surface area contributed by atoms with Crippen LogP contribution in [0.2, 0.25) is 0 Å². The molecule has 3 aromatic carbocycles. The molecule has 1 aliphatic rings. The lowest BCUT2D eigenvalue weighted by molar-refractivity contribution is -0.133. The second kappa shape index (κ2) is 20.8. The minimum atomic E-state index is -0.781. The maximum atomic E-state index is 13.6. The molecule has 0 radical (unpaired) electrons. The van der Waals surface area contributed by atoms with Crippen molar-refractivity contribution in [2.24, 2.45) is 16.5 Å². The van der Waals surface area contributed by atoms with Gasteiger partial charge in [0.05, 0.1) is 18.0 Å². The summed E-state index contributed by atoms with van der Waals surface area (Å²) in [5, 5.41) is 10.1. The molecule has 0 unspecified atom stereocenters. The Bertz CT molecular complexity index is 1760. The van der Waals surface area contributed by atoms with E-state index in [9.17, 15) is 14.4 Å². The fraction of sp³-hybridized carbons (Fsp3) is 0.385. The van der Waals surface area contributed by atoms with E-state index in [4.69, 9.17) is 23.3 Å². The third kappa shape index (κ3) is 12.4. The number of fused-ring (bicyclic) bond motifs is 1. The summed E-state index contributed by atoms with van der Waals surface area (Å²) < 4.78 is 6.22. The van der Waals surface area contributed by atoms with Crippen LogP contribution in [-0.2, 0) is 44.6 Å². The van der Waals surface area contributed by atoms with Crippen molar-refractivity contribution in [3.8, 4) is 0 Å². The van der Waals surface area contributed by atoms with E-state index in [0.29, 0.717) is 37.5 Å². The molecule has 5 rings (SSSR count). The average Bonchev–Trinajstić information content (AvgIpc) is 3.81. The lowest BCUT2D eigenvalue weighted by atomic mass is 10.0. The summed E-state index contributed by atoms with van der Waals surface area (Å²) in [5.74, 6) is -0.734. The van der Waals surface area contributed by atoms with Crippen molar-refractivity contribution in [3.63, 3.8) is 0 Å². The zero-order chi connectivity index (χ0) is 37.3. The highest BCUT2D eigenvalue weighted by Crippen LogP contribution is 2.27. The summed E-state index contributed by atoms with van der Waals surface area (Å²) in [6.45, 7) is 6.75. The van der Waals surface area contributed by atoms with Gasteiger partial charge in [-0.1, -0.05) is 66.7 Å². The molecule has 4 aromatic rings. The molecule has 52 heavy (non-hydrogen) atoms. The average molecular weight is 731 g/mol. The first-order valence-corrected chi connectivity index (χ1v) is 18.1. The van der Waals surface area contributed by atoms with E-state index in [1.54, 1.807) is 7.05 Å². The summed E-state index contributed by atoms with van der Waals surface area (Å²) in [7, 11) is 1.60. The molecule has 1 fully saturated rings. The summed E-state index contributed by atoms with van der Waals surface area (Å²) in [6, 6.07) is 23.5. The van der Waals surface area contributed by atoms with Crippen LogP contribution in [0.1, 0.15) is 49.3 Å². The number of halogens is 1. The molecule has 2 amide bonds. The molecule has 0 spiro atoms. The van der Waals surface area contributed by atoms with Crippen LogP contribution < -0.4 is 27.4 Å². The fourth-order valence-electron chi connectivity index (χ4n) is 6.12. The number of amides is 2. The van der Waals surface area contributed by atoms with Crippen molar-refractivity contribution in [3.05, 3.63) is 102 Å². The molecule has 1 aromatic heterocycles. The lowest BCUT2D eigenvalue weighted by Gasteiger charge is -2.21. The van der Waals surface area contributed by atoms with Gasteiger partial charge in [-0.25, -0.2) is 0 Å². The number of aromatic nitrogens is 1.